The van der Waals surface area contributed by atoms with E-state index in [1.165, 1.54) is 31.4 Å². The van der Waals surface area contributed by atoms with Crippen LogP contribution in [0.25, 0.3) is 0 Å². The Hall–Kier alpha value is -1.46. The van der Waals surface area contributed by atoms with Crippen LogP contribution in [0.2, 0.25) is 0 Å². The van der Waals surface area contributed by atoms with E-state index in [1.807, 2.05) is 0 Å². The topological polar surface area (TPSA) is 96.2 Å². The van der Waals surface area contributed by atoms with E-state index >= 15 is 0 Å². The number of hydrogen-bond acceptors (Lipinski definition) is 6. The molecule has 0 fully saturated rings. The first-order chi connectivity index (χ1) is 12.0. The maximum atomic E-state index is 12.3. The molecule has 1 rings (SSSR count). The molecule has 0 aliphatic carbocycles. The van der Waals surface area contributed by atoms with Gasteiger partial charge in [-0.15, -0.1) is 0 Å². The highest BCUT2D eigenvalue weighted by Gasteiger charge is 2.37. The third-order valence-electron chi connectivity index (χ3n) is 2.86. The first kappa shape index (κ1) is 24.5. The van der Waals surface area contributed by atoms with Crippen LogP contribution < -0.4 is 4.74 Å². The van der Waals surface area contributed by atoms with Crippen molar-refractivity contribution in [3.8, 4) is 5.75 Å². The smallest absolute Gasteiger partial charge is 0.437 e. The van der Waals surface area contributed by atoms with E-state index in [2.05, 4.69) is 12.1 Å². The van der Waals surface area contributed by atoms with E-state index in [0.29, 0.717) is 11.5 Å². The number of oxime groups is 1. The SMILES string of the molecule is CCCCSCCS(=O)(=O)O.COc1ccc(C(=NO)C(F)(F)F)cc1. The summed E-state index contributed by atoms with van der Waals surface area (Å²) in [4.78, 5) is 0. The Bertz CT molecular complexity index is 646. The highest BCUT2D eigenvalue weighted by molar-refractivity contribution is 8.00. The Morgan fingerprint density at radius 2 is 1.81 bits per heavy atom. The van der Waals surface area contributed by atoms with Gasteiger partial charge in [-0.2, -0.15) is 33.4 Å². The summed E-state index contributed by atoms with van der Waals surface area (Å²) in [7, 11) is -2.33. The lowest BCUT2D eigenvalue weighted by molar-refractivity contribution is -0.0601. The van der Waals surface area contributed by atoms with Gasteiger partial charge >= 0.3 is 6.18 Å². The van der Waals surface area contributed by atoms with E-state index in [-0.39, 0.29) is 11.3 Å². The van der Waals surface area contributed by atoms with Crippen LogP contribution in [0.5, 0.6) is 5.75 Å². The number of ether oxygens (including phenoxy) is 1. The number of hydrogen-bond donors (Lipinski definition) is 2. The van der Waals surface area contributed by atoms with Crippen molar-refractivity contribution in [2.75, 3.05) is 24.4 Å². The van der Waals surface area contributed by atoms with E-state index in [4.69, 9.17) is 14.5 Å². The van der Waals surface area contributed by atoms with Crippen LogP contribution in [-0.2, 0) is 10.1 Å². The standard InChI is InChI=1S/C9H8F3NO2.C6H14O3S2/c1-15-7-4-2-6(3-5-7)8(13-14)9(10,11)12;1-2-3-4-10-5-6-11(7,8)9/h2-5,14H,1H3;2-6H2,1H3,(H,7,8,9). The van der Waals surface area contributed by atoms with Crippen LogP contribution in [0.3, 0.4) is 0 Å². The zero-order chi connectivity index (χ0) is 20.2. The van der Waals surface area contributed by atoms with Crippen LogP contribution in [-0.4, -0.2) is 54.4 Å². The minimum Gasteiger partial charge on any atom is -0.497 e. The molecule has 0 unspecified atom stereocenters. The van der Waals surface area contributed by atoms with E-state index < -0.39 is 22.0 Å². The quantitative estimate of drug-likeness (QED) is 0.219. The highest BCUT2D eigenvalue weighted by Crippen LogP contribution is 2.23. The number of benzene rings is 1. The van der Waals surface area contributed by atoms with Gasteiger partial charge in [-0.3, -0.25) is 4.55 Å². The molecule has 1 aromatic rings. The summed E-state index contributed by atoms with van der Waals surface area (Å²) in [6.07, 6.45) is -2.45. The van der Waals surface area contributed by atoms with Gasteiger partial charge in [0.2, 0.25) is 0 Å². The van der Waals surface area contributed by atoms with Gasteiger partial charge in [0, 0.05) is 11.3 Å². The molecular weight excluding hydrogens is 395 g/mol. The van der Waals surface area contributed by atoms with Crippen LogP contribution in [0.4, 0.5) is 13.2 Å². The van der Waals surface area contributed by atoms with Gasteiger partial charge in [-0.1, -0.05) is 18.5 Å². The largest absolute Gasteiger partial charge is 0.497 e. The Kier molecular flexibility index (Phi) is 11.3. The molecular formula is C15H22F3NO5S2. The predicted molar refractivity (Wildman–Crippen MR) is 96.0 cm³/mol. The Labute approximate surface area is 155 Å². The number of halogens is 3. The third kappa shape index (κ3) is 11.2. The molecule has 0 saturated heterocycles. The zero-order valence-electron chi connectivity index (χ0n) is 14.4. The molecule has 26 heavy (non-hydrogen) atoms. The molecule has 6 nitrogen and oxygen atoms in total. The fraction of sp³-hybridized carbons (Fsp3) is 0.533. The second-order valence-electron chi connectivity index (χ2n) is 4.93. The van der Waals surface area contributed by atoms with Crippen molar-refractivity contribution in [1.29, 1.82) is 0 Å². The molecule has 150 valence electrons. The lowest BCUT2D eigenvalue weighted by Crippen LogP contribution is -2.23. The van der Waals surface area contributed by atoms with Crippen molar-refractivity contribution < 1.29 is 36.1 Å². The third-order valence-corrected chi connectivity index (χ3v) is 4.91. The molecule has 1 aromatic carbocycles. The van der Waals surface area contributed by atoms with Crippen molar-refractivity contribution in [2.24, 2.45) is 5.16 Å². The number of unbranched alkanes of at least 4 members (excludes halogenated alkanes) is 1. The molecule has 0 radical (unpaired) electrons. The van der Waals surface area contributed by atoms with Gasteiger partial charge < -0.3 is 9.94 Å². The second kappa shape index (κ2) is 12.0. The number of thioether (sulfide) groups is 1. The number of methoxy groups -OCH3 is 1. The summed E-state index contributed by atoms with van der Waals surface area (Å²) in [5, 5.41) is 10.5. The second-order valence-corrected chi connectivity index (χ2v) is 7.72. The average molecular weight is 417 g/mol. The molecule has 0 heterocycles. The van der Waals surface area contributed by atoms with Crippen molar-refractivity contribution in [3.63, 3.8) is 0 Å². The number of alkyl halides is 3. The van der Waals surface area contributed by atoms with Crippen molar-refractivity contribution in [1.82, 2.24) is 0 Å². The summed E-state index contributed by atoms with van der Waals surface area (Å²) in [6, 6.07) is 5.04. The molecule has 0 spiro atoms. The zero-order valence-corrected chi connectivity index (χ0v) is 16.0. The van der Waals surface area contributed by atoms with E-state index in [0.717, 1.165) is 18.6 Å². The molecule has 0 aliphatic rings. The van der Waals surface area contributed by atoms with Gasteiger partial charge in [-0.05, 0) is 36.4 Å². The van der Waals surface area contributed by atoms with Crippen molar-refractivity contribution >= 4 is 27.6 Å². The van der Waals surface area contributed by atoms with Gasteiger partial charge in [0.15, 0.2) is 5.71 Å². The Morgan fingerprint density at radius 1 is 1.23 bits per heavy atom. The Morgan fingerprint density at radius 3 is 2.19 bits per heavy atom. The van der Waals surface area contributed by atoms with Gasteiger partial charge in [0.25, 0.3) is 10.1 Å². The fourth-order valence-electron chi connectivity index (χ4n) is 1.54. The minimum atomic E-state index is -4.68. The predicted octanol–water partition coefficient (Wildman–Crippen LogP) is 3.84. The number of nitrogens with zero attached hydrogens (tertiary/aromatic N) is 1. The van der Waals surface area contributed by atoms with E-state index in [1.54, 1.807) is 11.8 Å². The summed E-state index contributed by atoms with van der Waals surface area (Å²) in [5.41, 5.74) is -1.55. The molecule has 0 saturated carbocycles. The minimum absolute atomic E-state index is 0.124. The van der Waals surface area contributed by atoms with Crippen LogP contribution in [0.15, 0.2) is 29.4 Å². The first-order valence-electron chi connectivity index (χ1n) is 7.51. The number of rotatable bonds is 8. The maximum Gasteiger partial charge on any atom is 0.437 e. The van der Waals surface area contributed by atoms with Gasteiger partial charge in [0.1, 0.15) is 5.75 Å². The normalized spacial score (nSPS) is 12.3. The molecule has 0 amide bonds. The van der Waals surface area contributed by atoms with Gasteiger partial charge in [0.05, 0.1) is 12.9 Å². The summed E-state index contributed by atoms with van der Waals surface area (Å²) in [5.74, 6) is 1.78. The lowest BCUT2D eigenvalue weighted by Gasteiger charge is -2.08. The molecule has 2 N–H and O–H groups in total. The van der Waals surface area contributed by atoms with Crippen LogP contribution >= 0.6 is 11.8 Å². The van der Waals surface area contributed by atoms with Crippen LogP contribution in [0.1, 0.15) is 25.3 Å². The highest BCUT2D eigenvalue weighted by atomic mass is 32.2. The summed E-state index contributed by atoms with van der Waals surface area (Å²) >= 11 is 1.57. The summed E-state index contributed by atoms with van der Waals surface area (Å²) in [6.45, 7) is 2.09. The molecule has 0 aliphatic heterocycles. The Balaban J connectivity index is 0.000000508. The van der Waals surface area contributed by atoms with E-state index in [9.17, 15) is 21.6 Å². The monoisotopic (exact) mass is 417 g/mol. The fourth-order valence-corrected chi connectivity index (χ4v) is 3.55. The van der Waals surface area contributed by atoms with Crippen molar-refractivity contribution in [2.45, 2.75) is 25.9 Å². The van der Waals surface area contributed by atoms with Crippen molar-refractivity contribution in [3.05, 3.63) is 29.8 Å². The maximum absolute atomic E-state index is 12.3. The summed E-state index contributed by atoms with van der Waals surface area (Å²) < 4.78 is 70.3. The molecule has 0 aromatic heterocycles. The van der Waals surface area contributed by atoms with Crippen LogP contribution in [0, 0.1) is 0 Å². The molecule has 11 heteroatoms. The average Bonchev–Trinajstić information content (AvgIpc) is 2.54. The molecule has 0 atom stereocenters. The molecule has 0 bridgehead atoms. The lowest BCUT2D eigenvalue weighted by atomic mass is 10.1. The first-order valence-corrected chi connectivity index (χ1v) is 10.3. The van der Waals surface area contributed by atoms with Gasteiger partial charge in [-0.25, -0.2) is 0 Å².